The van der Waals surface area contributed by atoms with E-state index >= 15 is 0 Å². The van der Waals surface area contributed by atoms with Crippen LogP contribution in [-0.4, -0.2) is 27.5 Å². The van der Waals surface area contributed by atoms with E-state index in [1.165, 1.54) is 32.4 Å². The highest BCUT2D eigenvalue weighted by Gasteiger charge is 2.22. The van der Waals surface area contributed by atoms with Gasteiger partial charge in [0.05, 0.1) is 30.9 Å². The number of sulfonamides is 1. The zero-order valence-electron chi connectivity index (χ0n) is 13.7. The Morgan fingerprint density at radius 1 is 1.33 bits per heavy atom. The van der Waals surface area contributed by atoms with Crippen LogP contribution in [-0.2, 0) is 21.4 Å². The summed E-state index contributed by atoms with van der Waals surface area (Å²) in [6, 6.07) is 7.00. The minimum Gasteiger partial charge on any atom is -0.496 e. The van der Waals surface area contributed by atoms with Gasteiger partial charge in [0.1, 0.15) is 11.5 Å². The average Bonchev–Trinajstić information content (AvgIpc) is 3.05. The van der Waals surface area contributed by atoms with E-state index in [0.29, 0.717) is 17.1 Å². The summed E-state index contributed by atoms with van der Waals surface area (Å²) in [7, 11) is -2.30. The third-order valence-electron chi connectivity index (χ3n) is 3.42. The number of hydrogen-bond donors (Lipinski definition) is 2. The van der Waals surface area contributed by atoms with Crippen LogP contribution in [0.15, 0.2) is 45.9 Å². The van der Waals surface area contributed by atoms with Gasteiger partial charge in [-0.05, 0) is 49.7 Å². The molecule has 0 unspecified atom stereocenters. The first kappa shape index (κ1) is 18.0. The molecule has 0 aliphatic carbocycles. The van der Waals surface area contributed by atoms with Crippen LogP contribution >= 0.6 is 0 Å². The van der Waals surface area contributed by atoms with Crippen LogP contribution in [0.5, 0.6) is 5.75 Å². The predicted molar refractivity (Wildman–Crippen MR) is 88.1 cm³/mol. The topological polar surface area (TPSA) is 97.6 Å². The molecule has 0 saturated carbocycles. The molecule has 1 aromatic carbocycles. The maximum atomic E-state index is 12.4. The van der Waals surface area contributed by atoms with Gasteiger partial charge in [-0.1, -0.05) is 0 Å². The van der Waals surface area contributed by atoms with Gasteiger partial charge in [0.25, 0.3) is 0 Å². The van der Waals surface area contributed by atoms with E-state index in [2.05, 4.69) is 10.0 Å². The SMILES string of the molecule is COc1ccc(S(=O)(=O)N[C@H](C)C(=O)NCc2ccco2)cc1C. The first-order valence-electron chi connectivity index (χ1n) is 7.30. The molecule has 1 aromatic heterocycles. The van der Waals surface area contributed by atoms with Gasteiger partial charge in [0, 0.05) is 0 Å². The van der Waals surface area contributed by atoms with Crippen LogP contribution in [0.2, 0.25) is 0 Å². The second-order valence-corrected chi connectivity index (χ2v) is 6.99. The van der Waals surface area contributed by atoms with Crippen molar-refractivity contribution in [3.63, 3.8) is 0 Å². The number of carbonyl (C=O) groups is 1. The van der Waals surface area contributed by atoms with Crippen LogP contribution in [0.1, 0.15) is 18.2 Å². The molecule has 2 rings (SSSR count). The smallest absolute Gasteiger partial charge is 0.241 e. The molecule has 0 fully saturated rings. The van der Waals surface area contributed by atoms with E-state index in [9.17, 15) is 13.2 Å². The van der Waals surface area contributed by atoms with Crippen LogP contribution in [0.25, 0.3) is 0 Å². The highest BCUT2D eigenvalue weighted by Crippen LogP contribution is 2.21. The standard InChI is InChI=1S/C16H20N2O5S/c1-11-9-14(6-7-15(11)22-3)24(20,21)18-12(2)16(19)17-10-13-5-4-8-23-13/h4-9,12,18H,10H2,1-3H3,(H,17,19)/t12-/m1/s1. The molecule has 2 aromatic rings. The lowest BCUT2D eigenvalue weighted by atomic mass is 10.2. The van der Waals surface area contributed by atoms with E-state index in [1.54, 1.807) is 25.1 Å². The number of hydrogen-bond acceptors (Lipinski definition) is 5. The zero-order chi connectivity index (χ0) is 17.7. The molecule has 8 heteroatoms. The molecule has 0 aliphatic heterocycles. The molecule has 0 spiro atoms. The number of methoxy groups -OCH3 is 1. The molecule has 2 N–H and O–H groups in total. The number of aryl methyl sites for hydroxylation is 1. The molecule has 24 heavy (non-hydrogen) atoms. The Labute approximate surface area is 141 Å². The zero-order valence-corrected chi connectivity index (χ0v) is 14.5. The number of ether oxygens (including phenoxy) is 1. The fourth-order valence-electron chi connectivity index (χ4n) is 2.11. The van der Waals surface area contributed by atoms with E-state index in [1.807, 2.05) is 0 Å². The molecule has 0 aliphatic rings. The maximum Gasteiger partial charge on any atom is 0.241 e. The summed E-state index contributed by atoms with van der Waals surface area (Å²) in [5.74, 6) is 0.739. The van der Waals surface area contributed by atoms with Gasteiger partial charge < -0.3 is 14.5 Å². The quantitative estimate of drug-likeness (QED) is 0.788. The third-order valence-corrected chi connectivity index (χ3v) is 4.96. The number of furan rings is 1. The van der Waals surface area contributed by atoms with Crippen molar-refractivity contribution >= 4 is 15.9 Å². The Hall–Kier alpha value is -2.32. The Kier molecular flexibility index (Phi) is 5.63. The molecule has 0 saturated heterocycles. The van der Waals surface area contributed by atoms with Crippen molar-refractivity contribution in [2.24, 2.45) is 0 Å². The molecule has 130 valence electrons. The van der Waals surface area contributed by atoms with Crippen LogP contribution in [0.4, 0.5) is 0 Å². The summed E-state index contributed by atoms with van der Waals surface area (Å²) in [6.45, 7) is 3.42. The molecule has 7 nitrogen and oxygen atoms in total. The lowest BCUT2D eigenvalue weighted by molar-refractivity contribution is -0.122. The van der Waals surface area contributed by atoms with Crippen molar-refractivity contribution in [3.8, 4) is 5.75 Å². The summed E-state index contributed by atoms with van der Waals surface area (Å²) in [6.07, 6.45) is 1.50. The van der Waals surface area contributed by atoms with Gasteiger partial charge in [-0.2, -0.15) is 4.72 Å². The monoisotopic (exact) mass is 352 g/mol. The molecular formula is C16H20N2O5S. The summed E-state index contributed by atoms with van der Waals surface area (Å²) < 4.78 is 37.3. The Morgan fingerprint density at radius 2 is 2.08 bits per heavy atom. The molecular weight excluding hydrogens is 332 g/mol. The van der Waals surface area contributed by atoms with E-state index < -0.39 is 22.0 Å². The fourth-order valence-corrected chi connectivity index (χ4v) is 3.40. The molecule has 1 atom stereocenters. The van der Waals surface area contributed by atoms with Crippen LogP contribution in [0.3, 0.4) is 0 Å². The number of rotatable bonds is 7. The van der Waals surface area contributed by atoms with E-state index in [0.717, 1.165) is 0 Å². The lowest BCUT2D eigenvalue weighted by Crippen LogP contribution is -2.44. The first-order valence-corrected chi connectivity index (χ1v) is 8.79. The van der Waals surface area contributed by atoms with Crippen LogP contribution in [0, 0.1) is 6.92 Å². The molecule has 1 heterocycles. The van der Waals surface area contributed by atoms with Crippen molar-refractivity contribution in [3.05, 3.63) is 47.9 Å². The van der Waals surface area contributed by atoms with Gasteiger partial charge >= 0.3 is 0 Å². The Morgan fingerprint density at radius 3 is 2.67 bits per heavy atom. The minimum absolute atomic E-state index is 0.0754. The van der Waals surface area contributed by atoms with Crippen molar-refractivity contribution in [1.29, 1.82) is 0 Å². The third kappa shape index (κ3) is 4.36. The average molecular weight is 352 g/mol. The van der Waals surface area contributed by atoms with E-state index in [-0.39, 0.29) is 11.4 Å². The number of benzene rings is 1. The summed E-state index contributed by atoms with van der Waals surface area (Å²) in [4.78, 5) is 12.1. The maximum absolute atomic E-state index is 12.4. The predicted octanol–water partition coefficient (Wildman–Crippen LogP) is 1.58. The summed E-state index contributed by atoms with van der Waals surface area (Å²) >= 11 is 0. The largest absolute Gasteiger partial charge is 0.496 e. The lowest BCUT2D eigenvalue weighted by Gasteiger charge is -2.15. The molecule has 0 bridgehead atoms. The fraction of sp³-hybridized carbons (Fsp3) is 0.312. The van der Waals surface area contributed by atoms with Crippen molar-refractivity contribution in [1.82, 2.24) is 10.0 Å². The van der Waals surface area contributed by atoms with Crippen molar-refractivity contribution in [2.75, 3.05) is 7.11 Å². The van der Waals surface area contributed by atoms with Gasteiger partial charge in [0.15, 0.2) is 0 Å². The summed E-state index contributed by atoms with van der Waals surface area (Å²) in [5.41, 5.74) is 0.690. The minimum atomic E-state index is -3.81. The second kappa shape index (κ2) is 7.50. The van der Waals surface area contributed by atoms with Gasteiger partial charge in [-0.15, -0.1) is 0 Å². The van der Waals surface area contributed by atoms with Gasteiger partial charge in [0.2, 0.25) is 15.9 Å². The number of amides is 1. The number of carbonyl (C=O) groups excluding carboxylic acids is 1. The number of nitrogens with one attached hydrogen (secondary N) is 2. The van der Waals surface area contributed by atoms with Crippen molar-refractivity contribution < 1.29 is 22.4 Å². The van der Waals surface area contributed by atoms with E-state index in [4.69, 9.17) is 9.15 Å². The first-order chi connectivity index (χ1) is 11.3. The molecule has 1 amide bonds. The normalized spacial score (nSPS) is 12.6. The van der Waals surface area contributed by atoms with Gasteiger partial charge in [-0.25, -0.2) is 8.42 Å². The van der Waals surface area contributed by atoms with Crippen molar-refractivity contribution in [2.45, 2.75) is 31.3 Å². The Balaban J connectivity index is 2.02. The second-order valence-electron chi connectivity index (χ2n) is 5.27. The Bertz CT molecular complexity index is 800. The van der Waals surface area contributed by atoms with Crippen LogP contribution < -0.4 is 14.8 Å². The van der Waals surface area contributed by atoms with Gasteiger partial charge in [-0.3, -0.25) is 4.79 Å². The highest BCUT2D eigenvalue weighted by molar-refractivity contribution is 7.89. The summed E-state index contributed by atoms with van der Waals surface area (Å²) in [5, 5.41) is 2.61. The highest BCUT2D eigenvalue weighted by atomic mass is 32.2. The molecule has 0 radical (unpaired) electrons.